The first-order valence-electron chi connectivity index (χ1n) is 12.2. The standard InChI is InChI=1S/C23H31F3N7O2/c24-23(25,26)16-10-15(21(34)28-12-16)11-17-20(32-6-8-35-9-7-32)30-22-29-18(13-33(22)31-17)19(27)14-4-2-1-3-5-14/h6,13,15-16,21,28,34H,1-5,7-12,27H2/q+1/t15-,16-,21?/m1/s1. The zero-order valence-corrected chi connectivity index (χ0v) is 19.5. The molecule has 4 N–H and O–H groups in total. The lowest BCUT2D eigenvalue weighted by atomic mass is 9.85. The first-order valence-corrected chi connectivity index (χ1v) is 12.2. The molecule has 35 heavy (non-hydrogen) atoms. The molecule has 12 heteroatoms. The second-order valence-corrected chi connectivity index (χ2v) is 9.57. The normalized spacial score (nSPS) is 26.1. The van der Waals surface area contributed by atoms with Gasteiger partial charge in [-0.3, -0.25) is 5.32 Å². The predicted octanol–water partition coefficient (Wildman–Crippen LogP) is 2.15. The quantitative estimate of drug-likeness (QED) is 0.558. The second-order valence-electron chi connectivity index (χ2n) is 9.57. The summed E-state index contributed by atoms with van der Waals surface area (Å²) in [5.74, 6) is -1.30. The largest absolute Gasteiger partial charge is 0.397 e. The number of rotatable bonds is 4. The maximum atomic E-state index is 13.4. The van der Waals surface area contributed by atoms with Gasteiger partial charge < -0.3 is 15.6 Å². The zero-order valence-electron chi connectivity index (χ0n) is 19.5. The topological polar surface area (TPSA) is 114 Å². The molecule has 0 bridgehead atoms. The third kappa shape index (κ3) is 5.19. The summed E-state index contributed by atoms with van der Waals surface area (Å²) in [7, 11) is 0. The maximum absolute atomic E-state index is 13.4. The monoisotopic (exact) mass is 494 g/mol. The van der Waals surface area contributed by atoms with Crippen LogP contribution in [-0.2, 0) is 11.2 Å². The molecule has 2 aromatic rings. The minimum absolute atomic E-state index is 0.133. The second kappa shape index (κ2) is 9.82. The van der Waals surface area contributed by atoms with Crippen molar-refractivity contribution in [1.82, 2.24) is 24.9 Å². The number of alkyl halides is 3. The van der Waals surface area contributed by atoms with Crippen molar-refractivity contribution in [3.05, 3.63) is 23.2 Å². The summed E-state index contributed by atoms with van der Waals surface area (Å²) in [5.41, 5.74) is 9.39. The average molecular weight is 495 g/mol. The number of hydrogen-bond acceptors (Lipinski definition) is 7. The van der Waals surface area contributed by atoms with Crippen molar-refractivity contribution < 1.29 is 27.6 Å². The Hall–Kier alpha value is -2.57. The Kier molecular flexibility index (Phi) is 6.78. The van der Waals surface area contributed by atoms with Crippen molar-refractivity contribution in [3.8, 4) is 0 Å². The molecule has 190 valence electrons. The van der Waals surface area contributed by atoms with Crippen molar-refractivity contribution in [1.29, 1.82) is 0 Å². The molecule has 3 atom stereocenters. The fourth-order valence-electron chi connectivity index (χ4n) is 5.14. The van der Waals surface area contributed by atoms with Crippen molar-refractivity contribution in [3.63, 3.8) is 0 Å². The molecule has 3 aliphatic rings. The van der Waals surface area contributed by atoms with E-state index in [4.69, 9.17) is 20.6 Å². The highest BCUT2D eigenvalue weighted by atomic mass is 19.4. The smallest absolute Gasteiger partial charge is 0.393 e. The zero-order chi connectivity index (χ0) is 24.6. The Morgan fingerprint density at radius 2 is 2.06 bits per heavy atom. The van der Waals surface area contributed by atoms with Gasteiger partial charge >= 0.3 is 17.8 Å². The number of fused-ring (bicyclic) bond motifs is 1. The lowest BCUT2D eigenvalue weighted by Crippen LogP contribution is -2.50. The molecule has 2 aromatic heterocycles. The van der Waals surface area contributed by atoms with Gasteiger partial charge in [0.1, 0.15) is 25.1 Å². The Morgan fingerprint density at radius 3 is 2.77 bits per heavy atom. The molecule has 1 unspecified atom stereocenters. The van der Waals surface area contributed by atoms with Gasteiger partial charge in [-0.25, -0.2) is 4.58 Å². The molecule has 0 radical (unpaired) electrons. The fourth-order valence-corrected chi connectivity index (χ4v) is 5.14. The van der Waals surface area contributed by atoms with Gasteiger partial charge in [0, 0.05) is 23.9 Å². The molecule has 2 fully saturated rings. The van der Waals surface area contributed by atoms with Gasteiger partial charge in [-0.15, -0.1) is 0 Å². The van der Waals surface area contributed by atoms with Crippen LogP contribution in [0.25, 0.3) is 11.5 Å². The van der Waals surface area contributed by atoms with Gasteiger partial charge in [0.05, 0.1) is 30.6 Å². The molecular formula is C23H31F3N7O2+. The molecule has 0 spiro atoms. The number of nitrogens with zero attached hydrogens (tertiary/aromatic N) is 5. The van der Waals surface area contributed by atoms with Crippen LogP contribution in [0.3, 0.4) is 0 Å². The van der Waals surface area contributed by atoms with Crippen molar-refractivity contribution in [2.45, 2.75) is 57.3 Å². The van der Waals surface area contributed by atoms with Crippen LogP contribution in [-0.4, -0.2) is 74.2 Å². The Balaban J connectivity index is 1.51. The maximum Gasteiger partial charge on any atom is 0.393 e. The molecular weight excluding hydrogens is 463 g/mol. The summed E-state index contributed by atoms with van der Waals surface area (Å²) >= 11 is 0. The molecule has 1 aliphatic carbocycles. The van der Waals surface area contributed by atoms with E-state index in [9.17, 15) is 18.3 Å². The minimum atomic E-state index is -4.33. The number of allylic oxidation sites excluding steroid dienone is 1. The number of piperidine rings is 1. The van der Waals surface area contributed by atoms with Gasteiger partial charge in [0.2, 0.25) is 0 Å². The molecule has 9 nitrogen and oxygen atoms in total. The van der Waals surface area contributed by atoms with Gasteiger partial charge in [0.25, 0.3) is 0 Å². The number of nitrogens with two attached hydrogens (primary N) is 1. The Morgan fingerprint density at radius 1 is 1.26 bits per heavy atom. The number of hydrogen-bond donors (Lipinski definition) is 3. The minimum Gasteiger partial charge on any atom is -0.397 e. The summed E-state index contributed by atoms with van der Waals surface area (Å²) < 4.78 is 49.0. The number of aromatic nitrogens is 4. The van der Waals surface area contributed by atoms with E-state index in [0.717, 1.165) is 25.7 Å². The van der Waals surface area contributed by atoms with E-state index in [-0.39, 0.29) is 19.4 Å². The van der Waals surface area contributed by atoms with E-state index in [1.165, 1.54) is 16.5 Å². The van der Waals surface area contributed by atoms with Crippen LogP contribution < -0.4 is 11.1 Å². The van der Waals surface area contributed by atoms with Gasteiger partial charge in [-0.05, 0) is 37.7 Å². The van der Waals surface area contributed by atoms with Crippen LogP contribution in [0.1, 0.15) is 49.9 Å². The lowest BCUT2D eigenvalue weighted by Gasteiger charge is -2.34. The third-order valence-electron chi connectivity index (χ3n) is 7.16. The number of aliphatic hydroxyl groups excluding tert-OH is 1. The van der Waals surface area contributed by atoms with Crippen LogP contribution in [0.15, 0.2) is 11.8 Å². The summed E-state index contributed by atoms with van der Waals surface area (Å²) in [6.45, 7) is 1.13. The first kappa shape index (κ1) is 24.1. The van der Waals surface area contributed by atoms with Crippen LogP contribution in [0.4, 0.5) is 19.0 Å². The lowest BCUT2D eigenvalue weighted by molar-refractivity contribution is -0.455. The van der Waals surface area contributed by atoms with E-state index in [2.05, 4.69) is 10.3 Å². The molecule has 5 rings (SSSR count). The van der Waals surface area contributed by atoms with Crippen molar-refractivity contribution in [2.75, 3.05) is 26.3 Å². The molecule has 2 aliphatic heterocycles. The molecule has 0 aromatic carbocycles. The molecule has 0 amide bonds. The van der Waals surface area contributed by atoms with Crippen LogP contribution in [0, 0.1) is 11.8 Å². The number of aliphatic hydroxyl groups is 1. The van der Waals surface area contributed by atoms with Gasteiger partial charge in [0.15, 0.2) is 5.69 Å². The van der Waals surface area contributed by atoms with Crippen LogP contribution in [0.2, 0.25) is 0 Å². The fraction of sp³-hybridized carbons (Fsp3) is 0.652. The van der Waals surface area contributed by atoms with Crippen LogP contribution in [0.5, 0.6) is 0 Å². The van der Waals surface area contributed by atoms with Crippen molar-refractivity contribution >= 4 is 23.5 Å². The SMILES string of the molecule is NC(=C1CCCCC1)c1cn2nc(C[C@H]3C[C@@H](C(F)(F)F)CNC3O)c([N+]3=CCOCC3)nc2n1. The van der Waals surface area contributed by atoms with Gasteiger partial charge in [-0.2, -0.15) is 27.8 Å². The highest BCUT2D eigenvalue weighted by molar-refractivity contribution is 5.64. The summed E-state index contributed by atoms with van der Waals surface area (Å²) in [6.07, 6.45) is 3.45. The summed E-state index contributed by atoms with van der Waals surface area (Å²) in [6, 6.07) is 0. The highest BCUT2D eigenvalue weighted by Gasteiger charge is 2.45. The first-order chi connectivity index (χ1) is 16.8. The Labute approximate surface area is 200 Å². The number of halogens is 3. The predicted molar refractivity (Wildman–Crippen MR) is 122 cm³/mol. The number of ether oxygens (including phenoxy) is 1. The number of imidazole rings is 1. The molecule has 1 saturated carbocycles. The highest BCUT2D eigenvalue weighted by Crippen LogP contribution is 2.36. The summed E-state index contributed by atoms with van der Waals surface area (Å²) in [5, 5.41) is 17.7. The van der Waals surface area contributed by atoms with E-state index in [1.807, 2.05) is 10.8 Å². The van der Waals surface area contributed by atoms with Crippen molar-refractivity contribution in [2.24, 2.45) is 17.6 Å². The summed E-state index contributed by atoms with van der Waals surface area (Å²) in [4.78, 5) is 9.35. The Bertz CT molecular complexity index is 1140. The van der Waals surface area contributed by atoms with E-state index >= 15 is 0 Å². The van der Waals surface area contributed by atoms with Gasteiger partial charge in [-0.1, -0.05) is 6.42 Å². The van der Waals surface area contributed by atoms with E-state index in [0.29, 0.717) is 48.4 Å². The third-order valence-corrected chi connectivity index (χ3v) is 7.16. The average Bonchev–Trinajstić information content (AvgIpc) is 3.28. The van der Waals surface area contributed by atoms with E-state index < -0.39 is 24.2 Å². The molecule has 4 heterocycles. The molecule has 1 saturated heterocycles. The number of nitrogens with one attached hydrogen (secondary N) is 1. The van der Waals surface area contributed by atoms with Crippen LogP contribution >= 0.6 is 0 Å². The van der Waals surface area contributed by atoms with E-state index in [1.54, 1.807) is 6.20 Å².